The van der Waals surface area contributed by atoms with Crippen LogP contribution in [0.2, 0.25) is 0 Å². The number of aromatic nitrogens is 2. The number of thiophene rings is 1. The van der Waals surface area contributed by atoms with E-state index in [4.69, 9.17) is 0 Å². The molecule has 1 atom stereocenters. The summed E-state index contributed by atoms with van der Waals surface area (Å²) in [7, 11) is 0. The maximum atomic E-state index is 15.1. The van der Waals surface area contributed by atoms with Crippen molar-refractivity contribution in [2.45, 2.75) is 64.8 Å². The molecule has 1 unspecified atom stereocenters. The van der Waals surface area contributed by atoms with Gasteiger partial charge in [0.2, 0.25) is 0 Å². The van der Waals surface area contributed by atoms with Gasteiger partial charge in [0, 0.05) is 29.3 Å². The van der Waals surface area contributed by atoms with Crippen molar-refractivity contribution in [1.29, 1.82) is 0 Å². The lowest BCUT2D eigenvalue weighted by Crippen LogP contribution is -2.42. The predicted molar refractivity (Wildman–Crippen MR) is 157 cm³/mol. The minimum atomic E-state index is -1.21. The Labute approximate surface area is 238 Å². The molecule has 2 heterocycles. The number of hydrogen-bond acceptors (Lipinski definition) is 5. The highest BCUT2D eigenvalue weighted by atomic mass is 32.1. The fraction of sp³-hybridized carbons (Fsp3) is 0.312. The number of rotatable bonds is 7. The molecule has 0 saturated heterocycles. The van der Waals surface area contributed by atoms with Crippen molar-refractivity contribution in [3.05, 3.63) is 93.7 Å². The lowest BCUT2D eigenvalue weighted by Gasteiger charge is -2.19. The number of nitrogens with one attached hydrogen (secondary N) is 1. The van der Waals surface area contributed by atoms with E-state index in [1.807, 2.05) is 39.0 Å². The number of halogens is 1. The average Bonchev–Trinajstić information content (AvgIpc) is 3.40. The Balaban J connectivity index is 1.46. The lowest BCUT2D eigenvalue weighted by atomic mass is 9.86. The summed E-state index contributed by atoms with van der Waals surface area (Å²) in [6.45, 7) is 12.6. The molecule has 0 spiro atoms. The van der Waals surface area contributed by atoms with Crippen molar-refractivity contribution in [2.24, 2.45) is 0 Å². The minimum Gasteiger partial charge on any atom is -0.480 e. The maximum Gasteiger partial charge on any atom is 0.326 e. The van der Waals surface area contributed by atoms with E-state index >= 15 is 4.39 Å². The van der Waals surface area contributed by atoms with Gasteiger partial charge < -0.3 is 10.4 Å². The van der Waals surface area contributed by atoms with Crippen molar-refractivity contribution in [2.75, 3.05) is 0 Å². The highest BCUT2D eigenvalue weighted by molar-refractivity contribution is 7.14. The molecule has 0 saturated carbocycles. The fourth-order valence-corrected chi connectivity index (χ4v) is 5.14. The van der Waals surface area contributed by atoms with Crippen LogP contribution in [-0.2, 0) is 22.0 Å². The summed E-state index contributed by atoms with van der Waals surface area (Å²) in [6, 6.07) is 15.0. The second-order valence-electron chi connectivity index (χ2n) is 11.9. The van der Waals surface area contributed by atoms with Gasteiger partial charge in [0.15, 0.2) is 5.82 Å². The van der Waals surface area contributed by atoms with Crippen molar-refractivity contribution in [1.82, 2.24) is 15.3 Å². The van der Waals surface area contributed by atoms with Gasteiger partial charge >= 0.3 is 5.97 Å². The number of carbonyl (C=O) groups is 2. The molecule has 2 aromatic heterocycles. The van der Waals surface area contributed by atoms with Crippen LogP contribution in [0.3, 0.4) is 0 Å². The first-order valence-corrected chi connectivity index (χ1v) is 13.9. The summed E-state index contributed by atoms with van der Waals surface area (Å²) in [5, 5.41) is 12.3. The first-order chi connectivity index (χ1) is 18.7. The molecule has 0 aliphatic heterocycles. The van der Waals surface area contributed by atoms with Gasteiger partial charge in [-0.05, 0) is 51.8 Å². The van der Waals surface area contributed by atoms with E-state index in [9.17, 15) is 14.7 Å². The van der Waals surface area contributed by atoms with Crippen LogP contribution in [0.5, 0.6) is 0 Å². The largest absolute Gasteiger partial charge is 0.480 e. The first-order valence-electron chi connectivity index (χ1n) is 13.1. The Kier molecular flexibility index (Phi) is 8.21. The van der Waals surface area contributed by atoms with Gasteiger partial charge in [-0.15, -0.1) is 11.3 Å². The fourth-order valence-electron chi connectivity index (χ4n) is 4.17. The lowest BCUT2D eigenvalue weighted by molar-refractivity contribution is -0.139. The molecule has 0 aliphatic rings. The van der Waals surface area contributed by atoms with Crippen LogP contribution in [0.25, 0.3) is 22.5 Å². The maximum absolute atomic E-state index is 15.1. The van der Waals surface area contributed by atoms with E-state index in [2.05, 4.69) is 48.2 Å². The summed E-state index contributed by atoms with van der Waals surface area (Å²) >= 11 is 1.33. The van der Waals surface area contributed by atoms with Crippen LogP contribution in [-0.4, -0.2) is 33.0 Å². The highest BCUT2D eigenvalue weighted by Gasteiger charge is 2.24. The molecule has 2 aromatic carbocycles. The molecule has 4 rings (SSSR count). The van der Waals surface area contributed by atoms with Crippen LogP contribution in [0.15, 0.2) is 67.0 Å². The standard InChI is InChI=1S/C32H34FN3O3S/c1-31(2,3)22-10-8-20(9-11-22)21-17-34-28(35-18-21)23-12-7-19(15-24(23)33)16-25(30(38)39)36-29(37)26-13-14-27(40-26)32(4,5)6/h7-15,17-18,25H,16H2,1-6H3,(H,36,37)(H,38,39). The summed E-state index contributed by atoms with van der Waals surface area (Å²) in [4.78, 5) is 34.8. The van der Waals surface area contributed by atoms with Crippen LogP contribution in [0.1, 0.15) is 67.2 Å². The molecule has 40 heavy (non-hydrogen) atoms. The molecular weight excluding hydrogens is 525 g/mol. The molecule has 1 amide bonds. The zero-order valence-corrected chi connectivity index (χ0v) is 24.4. The molecule has 208 valence electrons. The Morgan fingerprint density at radius 1 is 0.900 bits per heavy atom. The number of aliphatic carboxylic acids is 1. The van der Waals surface area contributed by atoms with Crippen molar-refractivity contribution in [3.8, 4) is 22.5 Å². The zero-order valence-electron chi connectivity index (χ0n) is 23.6. The molecule has 2 N–H and O–H groups in total. The van der Waals surface area contributed by atoms with Crippen molar-refractivity contribution >= 4 is 23.2 Å². The SMILES string of the molecule is CC(C)(C)c1ccc(-c2cnc(-c3ccc(CC(NC(=O)c4ccc(C(C)(C)C)s4)C(=O)O)cc3F)nc2)cc1. The zero-order chi connectivity index (χ0) is 29.2. The van der Waals surface area contributed by atoms with Crippen LogP contribution < -0.4 is 5.32 Å². The number of carboxylic acids is 1. The highest BCUT2D eigenvalue weighted by Crippen LogP contribution is 2.30. The Hall–Kier alpha value is -3.91. The second-order valence-corrected chi connectivity index (χ2v) is 13.0. The Morgan fingerprint density at radius 2 is 1.55 bits per heavy atom. The summed E-state index contributed by atoms with van der Waals surface area (Å²) in [5.74, 6) is -2.00. The number of nitrogens with zero attached hydrogens (tertiary/aromatic N) is 2. The average molecular weight is 560 g/mol. The van der Waals surface area contributed by atoms with Gasteiger partial charge in [-0.2, -0.15) is 0 Å². The molecule has 8 heteroatoms. The van der Waals surface area contributed by atoms with Gasteiger partial charge in [0.05, 0.1) is 10.4 Å². The Bertz CT molecular complexity index is 1510. The number of carbonyl (C=O) groups excluding carboxylic acids is 1. The third-order valence-corrected chi connectivity index (χ3v) is 8.13. The van der Waals surface area contributed by atoms with E-state index in [-0.39, 0.29) is 28.6 Å². The quantitative estimate of drug-likeness (QED) is 0.254. The Morgan fingerprint density at radius 3 is 2.08 bits per heavy atom. The first kappa shape index (κ1) is 29.1. The monoisotopic (exact) mass is 559 g/mol. The van der Waals surface area contributed by atoms with E-state index < -0.39 is 23.7 Å². The van der Waals surface area contributed by atoms with Gasteiger partial charge in [-0.3, -0.25) is 4.79 Å². The van der Waals surface area contributed by atoms with Crippen LogP contribution in [0, 0.1) is 5.82 Å². The van der Waals surface area contributed by atoms with E-state index in [0.717, 1.165) is 16.0 Å². The van der Waals surface area contributed by atoms with Gasteiger partial charge in [-0.1, -0.05) is 71.9 Å². The van der Waals surface area contributed by atoms with E-state index in [1.54, 1.807) is 24.5 Å². The molecule has 0 radical (unpaired) electrons. The third-order valence-electron chi connectivity index (χ3n) is 6.62. The van der Waals surface area contributed by atoms with Gasteiger partial charge in [0.1, 0.15) is 11.9 Å². The molecular formula is C32H34FN3O3S. The normalized spacial score (nSPS) is 12.7. The van der Waals surface area contributed by atoms with Crippen molar-refractivity contribution in [3.63, 3.8) is 0 Å². The smallest absolute Gasteiger partial charge is 0.326 e. The number of benzene rings is 2. The summed E-state index contributed by atoms with van der Waals surface area (Å²) in [5.41, 5.74) is 3.60. The van der Waals surface area contributed by atoms with Gasteiger partial charge in [-0.25, -0.2) is 19.2 Å². The van der Waals surface area contributed by atoms with E-state index in [0.29, 0.717) is 10.4 Å². The van der Waals surface area contributed by atoms with Gasteiger partial charge in [0.25, 0.3) is 5.91 Å². The predicted octanol–water partition coefficient (Wildman–Crippen LogP) is 7.03. The number of carboxylic acid groups (broad SMARTS) is 1. The molecule has 0 aliphatic carbocycles. The van der Waals surface area contributed by atoms with Crippen molar-refractivity contribution < 1.29 is 19.1 Å². The molecule has 6 nitrogen and oxygen atoms in total. The minimum absolute atomic E-state index is 0.0544. The van der Waals surface area contributed by atoms with Crippen LogP contribution >= 0.6 is 11.3 Å². The molecule has 0 bridgehead atoms. The van der Waals surface area contributed by atoms with Crippen LogP contribution in [0.4, 0.5) is 4.39 Å². The van der Waals surface area contributed by atoms with E-state index in [1.165, 1.54) is 29.0 Å². The molecule has 4 aromatic rings. The number of hydrogen-bond donors (Lipinski definition) is 2. The summed E-state index contributed by atoms with van der Waals surface area (Å²) in [6.07, 6.45) is 3.25. The topological polar surface area (TPSA) is 92.2 Å². The molecule has 0 fully saturated rings. The second kappa shape index (κ2) is 11.3. The number of amides is 1. The summed E-state index contributed by atoms with van der Waals surface area (Å²) < 4.78 is 15.1. The third kappa shape index (κ3) is 6.80.